The Morgan fingerprint density at radius 1 is 1.47 bits per heavy atom. The largest absolute Gasteiger partial charge is 0.465 e. The van der Waals surface area contributed by atoms with E-state index in [0.717, 1.165) is 4.74 Å². The van der Waals surface area contributed by atoms with Crippen molar-refractivity contribution in [3.8, 4) is 0 Å². The SMILES string of the molecule is CC(C)(C)N1N=C(Br)N2CCN(C(=O)O)CC21. The predicted octanol–water partition coefficient (Wildman–Crippen LogP) is 1.39. The maximum atomic E-state index is 11.0. The number of nitrogens with zero attached hydrogens (tertiary/aromatic N) is 4. The van der Waals surface area contributed by atoms with Gasteiger partial charge in [-0.25, -0.2) is 4.79 Å². The number of hydrogen-bond donors (Lipinski definition) is 1. The monoisotopic (exact) mass is 304 g/mol. The van der Waals surface area contributed by atoms with Crippen molar-refractivity contribution in [1.29, 1.82) is 0 Å². The molecule has 2 aliphatic rings. The molecule has 1 amide bonds. The fourth-order valence-electron chi connectivity index (χ4n) is 2.17. The van der Waals surface area contributed by atoms with Crippen LogP contribution in [0.2, 0.25) is 0 Å². The van der Waals surface area contributed by atoms with Gasteiger partial charge in [0.05, 0.1) is 12.1 Å². The molecule has 0 saturated carbocycles. The second-order valence-electron chi connectivity index (χ2n) is 5.29. The number of halogens is 1. The lowest BCUT2D eigenvalue weighted by Crippen LogP contribution is -2.60. The Morgan fingerprint density at radius 3 is 2.65 bits per heavy atom. The number of carboxylic acid groups (broad SMARTS) is 1. The van der Waals surface area contributed by atoms with E-state index in [9.17, 15) is 4.79 Å². The molecule has 2 rings (SSSR count). The van der Waals surface area contributed by atoms with Crippen molar-refractivity contribution in [2.45, 2.75) is 32.5 Å². The lowest BCUT2D eigenvalue weighted by Gasteiger charge is -2.43. The van der Waals surface area contributed by atoms with E-state index in [0.29, 0.717) is 19.6 Å². The quantitative estimate of drug-likeness (QED) is 0.687. The predicted molar refractivity (Wildman–Crippen MR) is 68.0 cm³/mol. The van der Waals surface area contributed by atoms with Gasteiger partial charge in [0, 0.05) is 13.1 Å². The average molecular weight is 305 g/mol. The molecule has 1 fully saturated rings. The van der Waals surface area contributed by atoms with Gasteiger partial charge in [0.15, 0.2) is 4.74 Å². The molecule has 17 heavy (non-hydrogen) atoms. The summed E-state index contributed by atoms with van der Waals surface area (Å²) >= 11 is 3.44. The van der Waals surface area contributed by atoms with E-state index in [1.807, 2.05) is 5.01 Å². The summed E-state index contributed by atoms with van der Waals surface area (Å²) in [5, 5.41) is 15.5. The summed E-state index contributed by atoms with van der Waals surface area (Å²) in [6.07, 6.45) is -0.865. The molecule has 6 nitrogen and oxygen atoms in total. The molecule has 0 aliphatic carbocycles. The van der Waals surface area contributed by atoms with Crippen molar-refractivity contribution < 1.29 is 9.90 Å². The fourth-order valence-corrected chi connectivity index (χ4v) is 2.76. The molecule has 96 valence electrons. The number of amides is 1. The van der Waals surface area contributed by atoms with Crippen molar-refractivity contribution in [1.82, 2.24) is 14.8 Å². The molecule has 1 saturated heterocycles. The summed E-state index contributed by atoms with van der Waals surface area (Å²) in [5.41, 5.74) is -0.125. The van der Waals surface area contributed by atoms with Crippen LogP contribution in [0.4, 0.5) is 4.79 Å². The lowest BCUT2D eigenvalue weighted by molar-refractivity contribution is -0.00101. The first-order chi connectivity index (χ1) is 7.80. The van der Waals surface area contributed by atoms with Crippen LogP contribution in [0.1, 0.15) is 20.8 Å². The van der Waals surface area contributed by atoms with Crippen LogP contribution in [0, 0.1) is 0 Å². The molecule has 0 bridgehead atoms. The summed E-state index contributed by atoms with van der Waals surface area (Å²) in [7, 11) is 0. The number of rotatable bonds is 0. The van der Waals surface area contributed by atoms with Crippen LogP contribution >= 0.6 is 15.9 Å². The van der Waals surface area contributed by atoms with Crippen molar-refractivity contribution in [3.05, 3.63) is 0 Å². The van der Waals surface area contributed by atoms with Gasteiger partial charge in [-0.05, 0) is 36.7 Å². The highest BCUT2D eigenvalue weighted by atomic mass is 79.9. The number of hydrogen-bond acceptors (Lipinski definition) is 4. The third kappa shape index (κ3) is 2.20. The third-order valence-electron chi connectivity index (χ3n) is 3.02. The molecular weight excluding hydrogens is 288 g/mol. The number of amidine groups is 1. The van der Waals surface area contributed by atoms with E-state index in [1.165, 1.54) is 4.90 Å². The van der Waals surface area contributed by atoms with Gasteiger partial charge >= 0.3 is 6.09 Å². The Kier molecular flexibility index (Phi) is 2.97. The normalized spacial score (nSPS) is 24.8. The number of piperazine rings is 1. The van der Waals surface area contributed by atoms with E-state index in [1.54, 1.807) is 0 Å². The van der Waals surface area contributed by atoms with Crippen LogP contribution in [0.3, 0.4) is 0 Å². The van der Waals surface area contributed by atoms with Gasteiger partial charge in [0.1, 0.15) is 6.17 Å². The highest BCUT2D eigenvalue weighted by Crippen LogP contribution is 2.30. The molecule has 1 atom stereocenters. The Balaban J connectivity index is 2.19. The summed E-state index contributed by atoms with van der Waals surface area (Å²) in [4.78, 5) is 14.6. The van der Waals surface area contributed by atoms with Crippen molar-refractivity contribution >= 4 is 26.8 Å². The third-order valence-corrected chi connectivity index (χ3v) is 3.64. The molecule has 0 aromatic heterocycles. The first-order valence-corrected chi connectivity index (χ1v) is 6.38. The number of fused-ring (bicyclic) bond motifs is 1. The van der Waals surface area contributed by atoms with Crippen LogP contribution in [-0.4, -0.2) is 62.1 Å². The molecule has 1 N–H and O–H groups in total. The second kappa shape index (κ2) is 4.04. The van der Waals surface area contributed by atoms with Gasteiger partial charge in [0.2, 0.25) is 0 Å². The number of carbonyl (C=O) groups is 1. The van der Waals surface area contributed by atoms with Crippen LogP contribution in [-0.2, 0) is 0 Å². The first kappa shape index (κ1) is 12.5. The minimum Gasteiger partial charge on any atom is -0.465 e. The zero-order chi connectivity index (χ0) is 12.8. The second-order valence-corrected chi connectivity index (χ2v) is 6.00. The average Bonchev–Trinajstić information content (AvgIpc) is 2.55. The minimum atomic E-state index is -0.860. The Hall–Kier alpha value is -0.980. The summed E-state index contributed by atoms with van der Waals surface area (Å²) in [6, 6.07) is 0. The Bertz CT molecular complexity index is 366. The molecule has 2 heterocycles. The summed E-state index contributed by atoms with van der Waals surface area (Å²) in [5.74, 6) is 0. The van der Waals surface area contributed by atoms with Gasteiger partial charge in [-0.1, -0.05) is 0 Å². The molecule has 1 unspecified atom stereocenters. The molecular formula is C10H17BrN4O2. The maximum absolute atomic E-state index is 11.0. The van der Waals surface area contributed by atoms with Gasteiger partial charge in [-0.2, -0.15) is 0 Å². The fraction of sp³-hybridized carbons (Fsp3) is 0.800. The summed E-state index contributed by atoms with van der Waals surface area (Å²) < 4.78 is 0.794. The van der Waals surface area contributed by atoms with E-state index < -0.39 is 6.09 Å². The molecule has 2 aliphatic heterocycles. The smallest absolute Gasteiger partial charge is 0.407 e. The Labute approximate surface area is 109 Å². The zero-order valence-electron chi connectivity index (χ0n) is 10.2. The maximum Gasteiger partial charge on any atom is 0.407 e. The summed E-state index contributed by atoms with van der Waals surface area (Å²) in [6.45, 7) is 7.87. The van der Waals surface area contributed by atoms with Gasteiger partial charge in [-0.3, -0.25) is 5.01 Å². The van der Waals surface area contributed by atoms with Crippen molar-refractivity contribution in [3.63, 3.8) is 0 Å². The first-order valence-electron chi connectivity index (χ1n) is 5.58. The van der Waals surface area contributed by atoms with Crippen LogP contribution in [0.25, 0.3) is 0 Å². The van der Waals surface area contributed by atoms with Gasteiger partial charge < -0.3 is 14.9 Å². The highest BCUT2D eigenvalue weighted by Gasteiger charge is 2.42. The van der Waals surface area contributed by atoms with Crippen LogP contribution < -0.4 is 0 Å². The highest BCUT2D eigenvalue weighted by molar-refractivity contribution is 9.18. The van der Waals surface area contributed by atoms with Crippen LogP contribution in [0.15, 0.2) is 5.10 Å². The number of hydrazone groups is 1. The van der Waals surface area contributed by atoms with E-state index in [-0.39, 0.29) is 11.7 Å². The van der Waals surface area contributed by atoms with E-state index in [4.69, 9.17) is 5.11 Å². The van der Waals surface area contributed by atoms with E-state index >= 15 is 0 Å². The van der Waals surface area contributed by atoms with E-state index in [2.05, 4.69) is 46.7 Å². The van der Waals surface area contributed by atoms with Crippen molar-refractivity contribution in [2.24, 2.45) is 5.10 Å². The van der Waals surface area contributed by atoms with Gasteiger partial charge in [0.25, 0.3) is 0 Å². The topological polar surface area (TPSA) is 59.4 Å². The molecule has 0 radical (unpaired) electrons. The van der Waals surface area contributed by atoms with Crippen LogP contribution in [0.5, 0.6) is 0 Å². The minimum absolute atomic E-state index is 0.00535. The van der Waals surface area contributed by atoms with Gasteiger partial charge in [-0.15, -0.1) is 5.10 Å². The van der Waals surface area contributed by atoms with Crippen molar-refractivity contribution in [2.75, 3.05) is 19.6 Å². The molecule has 7 heteroatoms. The molecule has 0 aromatic rings. The molecule has 0 spiro atoms. The Morgan fingerprint density at radius 2 is 2.12 bits per heavy atom. The lowest BCUT2D eigenvalue weighted by atomic mass is 10.1. The zero-order valence-corrected chi connectivity index (χ0v) is 11.8. The standard InChI is InChI=1S/C10H17BrN4O2/c1-10(2,3)15-7-6-13(9(16)17)4-5-14(7)8(11)12-15/h7H,4-6H2,1-3H3,(H,16,17). The molecule has 0 aromatic carbocycles.